The Kier molecular flexibility index (Phi) is 2.88. The molecule has 1 aromatic carbocycles. The summed E-state index contributed by atoms with van der Waals surface area (Å²) in [6.45, 7) is 0. The zero-order valence-corrected chi connectivity index (χ0v) is 10.7. The average Bonchev–Trinajstić information content (AvgIpc) is 2.88. The molecule has 0 bridgehead atoms. The minimum absolute atomic E-state index is 0.132. The minimum Gasteiger partial charge on any atom is -0.476 e. The maximum Gasteiger partial charge on any atom is 0.355 e. The quantitative estimate of drug-likeness (QED) is 0.899. The summed E-state index contributed by atoms with van der Waals surface area (Å²) in [4.78, 5) is 15.0. The molecule has 0 fully saturated rings. The van der Waals surface area contributed by atoms with Crippen molar-refractivity contribution in [1.29, 1.82) is 0 Å². The molecule has 1 aliphatic rings. The molecule has 0 atom stereocenters. The van der Waals surface area contributed by atoms with Crippen molar-refractivity contribution in [3.8, 4) is 10.6 Å². The Morgan fingerprint density at radius 1 is 1.22 bits per heavy atom. The number of aromatic carboxylic acids is 1. The Morgan fingerprint density at radius 2 is 2.00 bits per heavy atom. The molecular formula is C14H13NO2S. The number of rotatable bonds is 2. The molecule has 0 aliphatic heterocycles. The normalized spacial score (nSPS) is 14.2. The highest BCUT2D eigenvalue weighted by atomic mass is 32.1. The lowest BCUT2D eigenvalue weighted by Crippen LogP contribution is -2.02. The van der Waals surface area contributed by atoms with E-state index < -0.39 is 5.97 Å². The first kappa shape index (κ1) is 11.4. The summed E-state index contributed by atoms with van der Waals surface area (Å²) in [5.74, 6) is -0.963. The highest BCUT2D eigenvalue weighted by Crippen LogP contribution is 2.29. The minimum atomic E-state index is -0.963. The molecule has 4 heteroatoms. The van der Waals surface area contributed by atoms with Crippen LogP contribution in [0.4, 0.5) is 0 Å². The summed E-state index contributed by atoms with van der Waals surface area (Å²) in [7, 11) is 0. The molecule has 1 aliphatic carbocycles. The monoisotopic (exact) mass is 259 g/mol. The largest absolute Gasteiger partial charge is 0.476 e. The molecule has 0 spiro atoms. The van der Waals surface area contributed by atoms with E-state index in [1.165, 1.54) is 35.3 Å². The number of hydrogen-bond acceptors (Lipinski definition) is 3. The zero-order valence-electron chi connectivity index (χ0n) is 9.85. The number of carbonyl (C=O) groups is 1. The Morgan fingerprint density at radius 3 is 2.72 bits per heavy atom. The van der Waals surface area contributed by atoms with Crippen LogP contribution in [-0.2, 0) is 12.8 Å². The first-order valence-electron chi connectivity index (χ1n) is 6.05. The van der Waals surface area contributed by atoms with E-state index in [1.54, 1.807) is 5.38 Å². The van der Waals surface area contributed by atoms with E-state index in [2.05, 4.69) is 23.2 Å². The first-order chi connectivity index (χ1) is 8.74. The van der Waals surface area contributed by atoms with E-state index in [-0.39, 0.29) is 5.69 Å². The maximum absolute atomic E-state index is 10.8. The van der Waals surface area contributed by atoms with Crippen molar-refractivity contribution in [2.45, 2.75) is 25.7 Å². The van der Waals surface area contributed by atoms with Crippen LogP contribution in [0.2, 0.25) is 0 Å². The van der Waals surface area contributed by atoms with Gasteiger partial charge in [-0.3, -0.25) is 0 Å². The SMILES string of the molecule is O=C(O)c1csc(-c2ccc3c(c2)CCCC3)n1. The summed E-state index contributed by atoms with van der Waals surface area (Å²) in [6, 6.07) is 6.37. The standard InChI is InChI=1S/C14H13NO2S/c16-14(17)12-8-18-13(15-12)11-6-5-9-3-1-2-4-10(9)7-11/h5-8H,1-4H2,(H,16,17). The molecule has 3 rings (SSSR count). The third-order valence-corrected chi connectivity index (χ3v) is 4.21. The summed E-state index contributed by atoms with van der Waals surface area (Å²) >= 11 is 1.39. The van der Waals surface area contributed by atoms with Crippen molar-refractivity contribution < 1.29 is 9.90 Å². The third kappa shape index (κ3) is 2.04. The predicted octanol–water partition coefficient (Wildman–Crippen LogP) is 3.39. The van der Waals surface area contributed by atoms with Gasteiger partial charge in [-0.05, 0) is 42.9 Å². The lowest BCUT2D eigenvalue weighted by Gasteiger charge is -2.15. The van der Waals surface area contributed by atoms with Crippen LogP contribution in [0, 0.1) is 0 Å². The van der Waals surface area contributed by atoms with E-state index in [4.69, 9.17) is 5.11 Å². The molecule has 0 amide bonds. The lowest BCUT2D eigenvalue weighted by atomic mass is 9.90. The van der Waals surface area contributed by atoms with Crippen molar-refractivity contribution in [1.82, 2.24) is 4.98 Å². The lowest BCUT2D eigenvalue weighted by molar-refractivity contribution is 0.0691. The van der Waals surface area contributed by atoms with Crippen LogP contribution < -0.4 is 0 Å². The third-order valence-electron chi connectivity index (χ3n) is 3.32. The highest BCUT2D eigenvalue weighted by Gasteiger charge is 2.13. The van der Waals surface area contributed by atoms with Gasteiger partial charge in [0.2, 0.25) is 0 Å². The molecule has 1 heterocycles. The van der Waals surface area contributed by atoms with Crippen molar-refractivity contribution in [3.63, 3.8) is 0 Å². The van der Waals surface area contributed by atoms with Crippen LogP contribution in [0.5, 0.6) is 0 Å². The fraction of sp³-hybridized carbons (Fsp3) is 0.286. The number of fused-ring (bicyclic) bond motifs is 1. The molecule has 0 radical (unpaired) electrons. The molecule has 18 heavy (non-hydrogen) atoms. The number of carboxylic acid groups (broad SMARTS) is 1. The molecule has 2 aromatic rings. The van der Waals surface area contributed by atoms with E-state index in [9.17, 15) is 4.79 Å². The Hall–Kier alpha value is -1.68. The molecular weight excluding hydrogens is 246 g/mol. The fourth-order valence-corrected chi connectivity index (χ4v) is 3.16. The van der Waals surface area contributed by atoms with Gasteiger partial charge < -0.3 is 5.11 Å². The number of nitrogens with zero attached hydrogens (tertiary/aromatic N) is 1. The van der Waals surface area contributed by atoms with Gasteiger partial charge in [0.1, 0.15) is 5.01 Å². The summed E-state index contributed by atoms with van der Waals surface area (Å²) in [6.07, 6.45) is 4.80. The molecule has 0 saturated heterocycles. The van der Waals surface area contributed by atoms with Gasteiger partial charge in [0.25, 0.3) is 0 Å². The summed E-state index contributed by atoms with van der Waals surface area (Å²) < 4.78 is 0. The number of aryl methyl sites for hydroxylation is 2. The fourth-order valence-electron chi connectivity index (χ4n) is 2.37. The van der Waals surface area contributed by atoms with Crippen molar-refractivity contribution in [2.75, 3.05) is 0 Å². The Balaban J connectivity index is 1.98. The van der Waals surface area contributed by atoms with Gasteiger partial charge in [0.05, 0.1) is 0 Å². The van der Waals surface area contributed by atoms with Crippen LogP contribution in [0.3, 0.4) is 0 Å². The van der Waals surface area contributed by atoms with Gasteiger partial charge in [-0.2, -0.15) is 0 Å². The van der Waals surface area contributed by atoms with Crippen LogP contribution >= 0.6 is 11.3 Å². The van der Waals surface area contributed by atoms with E-state index in [0.29, 0.717) is 0 Å². The van der Waals surface area contributed by atoms with Crippen molar-refractivity contribution in [2.24, 2.45) is 0 Å². The second-order valence-corrected chi connectivity index (χ2v) is 5.39. The summed E-state index contributed by atoms with van der Waals surface area (Å²) in [5.41, 5.74) is 3.99. The van der Waals surface area contributed by atoms with Crippen LogP contribution in [0.25, 0.3) is 10.6 Å². The van der Waals surface area contributed by atoms with Crippen molar-refractivity contribution in [3.05, 3.63) is 40.4 Å². The molecule has 1 aromatic heterocycles. The smallest absolute Gasteiger partial charge is 0.355 e. The van der Waals surface area contributed by atoms with Crippen LogP contribution in [0.15, 0.2) is 23.6 Å². The first-order valence-corrected chi connectivity index (χ1v) is 6.93. The summed E-state index contributed by atoms with van der Waals surface area (Å²) in [5, 5.41) is 11.3. The van der Waals surface area contributed by atoms with E-state index in [1.807, 2.05) is 0 Å². The van der Waals surface area contributed by atoms with Gasteiger partial charge in [0.15, 0.2) is 5.69 Å². The molecule has 0 unspecified atom stereocenters. The predicted molar refractivity (Wildman–Crippen MR) is 71.2 cm³/mol. The Labute approximate surface area is 109 Å². The molecule has 3 nitrogen and oxygen atoms in total. The average molecular weight is 259 g/mol. The zero-order chi connectivity index (χ0) is 12.5. The number of aromatic nitrogens is 1. The number of carboxylic acids is 1. The van der Waals surface area contributed by atoms with Crippen LogP contribution in [-0.4, -0.2) is 16.1 Å². The Bertz CT molecular complexity index is 604. The van der Waals surface area contributed by atoms with Gasteiger partial charge >= 0.3 is 5.97 Å². The number of hydrogen-bond donors (Lipinski definition) is 1. The number of benzene rings is 1. The van der Waals surface area contributed by atoms with Crippen molar-refractivity contribution >= 4 is 17.3 Å². The number of thiazole rings is 1. The van der Waals surface area contributed by atoms with Gasteiger partial charge in [-0.25, -0.2) is 9.78 Å². The van der Waals surface area contributed by atoms with Gasteiger partial charge in [-0.1, -0.05) is 12.1 Å². The van der Waals surface area contributed by atoms with Gasteiger partial charge in [-0.15, -0.1) is 11.3 Å². The topological polar surface area (TPSA) is 50.2 Å². The highest BCUT2D eigenvalue weighted by molar-refractivity contribution is 7.13. The van der Waals surface area contributed by atoms with Gasteiger partial charge in [0, 0.05) is 10.9 Å². The van der Waals surface area contributed by atoms with E-state index in [0.717, 1.165) is 23.4 Å². The second kappa shape index (κ2) is 4.53. The maximum atomic E-state index is 10.8. The molecule has 1 N–H and O–H groups in total. The second-order valence-electron chi connectivity index (χ2n) is 4.53. The van der Waals surface area contributed by atoms with E-state index >= 15 is 0 Å². The molecule has 92 valence electrons. The molecule has 0 saturated carbocycles. The van der Waals surface area contributed by atoms with Crippen LogP contribution in [0.1, 0.15) is 34.5 Å².